The molecule has 5 heteroatoms. The molecule has 1 saturated carbocycles. The Morgan fingerprint density at radius 2 is 1.72 bits per heavy atom. The van der Waals surface area contributed by atoms with E-state index in [2.05, 4.69) is 5.32 Å². The van der Waals surface area contributed by atoms with Crippen molar-refractivity contribution in [3.63, 3.8) is 0 Å². The Morgan fingerprint density at radius 3 is 2.11 bits per heavy atom. The molecule has 0 aromatic carbocycles. The van der Waals surface area contributed by atoms with Gasteiger partial charge in [0.15, 0.2) is 0 Å². The van der Waals surface area contributed by atoms with Crippen molar-refractivity contribution < 1.29 is 14.7 Å². The van der Waals surface area contributed by atoms with Crippen molar-refractivity contribution >= 4 is 11.9 Å². The van der Waals surface area contributed by atoms with Crippen LogP contribution < -0.4 is 11.1 Å². The van der Waals surface area contributed by atoms with Gasteiger partial charge in [-0.2, -0.15) is 0 Å². The minimum atomic E-state index is -0.730. The molecule has 1 aliphatic carbocycles. The summed E-state index contributed by atoms with van der Waals surface area (Å²) in [6.45, 7) is 5.79. The monoisotopic (exact) mass is 256 g/mol. The van der Waals surface area contributed by atoms with Crippen LogP contribution in [0.2, 0.25) is 0 Å². The molecule has 1 amide bonds. The summed E-state index contributed by atoms with van der Waals surface area (Å²) in [5.41, 5.74) is 5.62. The lowest BCUT2D eigenvalue weighted by molar-refractivity contribution is -0.142. The zero-order valence-corrected chi connectivity index (χ0v) is 11.4. The second-order valence-electron chi connectivity index (χ2n) is 6.24. The number of rotatable bonds is 3. The summed E-state index contributed by atoms with van der Waals surface area (Å²) in [6, 6.07) is -0.462. The lowest BCUT2D eigenvalue weighted by Crippen LogP contribution is -2.52. The van der Waals surface area contributed by atoms with Crippen molar-refractivity contribution in [1.82, 2.24) is 5.32 Å². The Bertz CT molecular complexity index is 315. The molecule has 0 bridgehead atoms. The Morgan fingerprint density at radius 1 is 1.22 bits per heavy atom. The maximum Gasteiger partial charge on any atom is 0.306 e. The van der Waals surface area contributed by atoms with Gasteiger partial charge in [0.1, 0.15) is 0 Å². The van der Waals surface area contributed by atoms with Crippen molar-refractivity contribution in [3.05, 3.63) is 0 Å². The van der Waals surface area contributed by atoms with E-state index >= 15 is 0 Å². The molecular weight excluding hydrogens is 232 g/mol. The molecule has 0 aromatic rings. The maximum atomic E-state index is 11.9. The van der Waals surface area contributed by atoms with Gasteiger partial charge in [-0.25, -0.2) is 0 Å². The van der Waals surface area contributed by atoms with Crippen molar-refractivity contribution in [3.8, 4) is 0 Å². The molecule has 0 saturated heterocycles. The van der Waals surface area contributed by atoms with Crippen LogP contribution in [0.3, 0.4) is 0 Å². The maximum absolute atomic E-state index is 11.9. The number of carboxylic acids is 1. The number of carboxylic acid groups (broad SMARTS) is 1. The van der Waals surface area contributed by atoms with Gasteiger partial charge < -0.3 is 16.2 Å². The highest BCUT2D eigenvalue weighted by Gasteiger charge is 2.31. The number of aliphatic carboxylic acids is 1. The fourth-order valence-corrected chi connectivity index (χ4v) is 2.17. The van der Waals surface area contributed by atoms with E-state index in [0.717, 1.165) is 12.8 Å². The van der Waals surface area contributed by atoms with Gasteiger partial charge in [0.05, 0.1) is 12.0 Å². The van der Waals surface area contributed by atoms with E-state index in [1.807, 2.05) is 20.8 Å². The third kappa shape index (κ3) is 3.98. The van der Waals surface area contributed by atoms with Crippen molar-refractivity contribution in [2.24, 2.45) is 17.1 Å². The Balaban J connectivity index is 2.42. The van der Waals surface area contributed by atoms with E-state index < -0.39 is 12.0 Å². The molecule has 0 spiro atoms. The molecule has 18 heavy (non-hydrogen) atoms. The van der Waals surface area contributed by atoms with Gasteiger partial charge in [-0.15, -0.1) is 0 Å². The van der Waals surface area contributed by atoms with Crippen LogP contribution >= 0.6 is 0 Å². The van der Waals surface area contributed by atoms with E-state index in [1.54, 1.807) is 0 Å². The van der Waals surface area contributed by atoms with Gasteiger partial charge in [-0.3, -0.25) is 9.59 Å². The van der Waals surface area contributed by atoms with Crippen molar-refractivity contribution in [2.45, 2.75) is 58.5 Å². The van der Waals surface area contributed by atoms with Gasteiger partial charge in [-0.05, 0) is 31.1 Å². The zero-order chi connectivity index (χ0) is 13.9. The third-order valence-corrected chi connectivity index (χ3v) is 3.64. The third-order valence-electron chi connectivity index (χ3n) is 3.64. The van der Waals surface area contributed by atoms with Crippen LogP contribution in [-0.4, -0.2) is 29.1 Å². The number of nitrogens with one attached hydrogen (secondary N) is 1. The molecule has 5 nitrogen and oxygen atoms in total. The fourth-order valence-electron chi connectivity index (χ4n) is 2.17. The highest BCUT2D eigenvalue weighted by atomic mass is 16.4. The van der Waals surface area contributed by atoms with Gasteiger partial charge in [0.25, 0.3) is 0 Å². The second kappa shape index (κ2) is 5.69. The zero-order valence-electron chi connectivity index (χ0n) is 11.4. The SMILES string of the molecule is CC(C)(C)C(N)C(=O)NC1CCC(C(=O)O)CC1. The minimum absolute atomic E-state index is 0.0708. The summed E-state index contributed by atoms with van der Waals surface area (Å²) in [5, 5.41) is 11.8. The van der Waals surface area contributed by atoms with E-state index in [9.17, 15) is 9.59 Å². The summed E-state index contributed by atoms with van der Waals surface area (Å²) in [7, 11) is 0. The molecule has 1 fully saturated rings. The van der Waals surface area contributed by atoms with Crippen LogP contribution in [0.15, 0.2) is 0 Å². The van der Waals surface area contributed by atoms with E-state index in [1.165, 1.54) is 0 Å². The molecule has 0 aliphatic heterocycles. The van der Waals surface area contributed by atoms with Gasteiger partial charge >= 0.3 is 5.97 Å². The average Bonchev–Trinajstić information content (AvgIpc) is 2.27. The van der Waals surface area contributed by atoms with Crippen LogP contribution in [0.5, 0.6) is 0 Å². The highest BCUT2D eigenvalue weighted by molar-refractivity contribution is 5.82. The fraction of sp³-hybridized carbons (Fsp3) is 0.846. The molecule has 1 unspecified atom stereocenters. The van der Waals surface area contributed by atoms with Crippen molar-refractivity contribution in [2.75, 3.05) is 0 Å². The predicted molar refractivity (Wildman–Crippen MR) is 69.0 cm³/mol. The smallest absolute Gasteiger partial charge is 0.306 e. The molecule has 4 N–H and O–H groups in total. The summed E-state index contributed by atoms with van der Waals surface area (Å²) < 4.78 is 0. The van der Waals surface area contributed by atoms with Gasteiger partial charge in [0, 0.05) is 6.04 Å². The van der Waals surface area contributed by atoms with Crippen LogP contribution in [0.1, 0.15) is 46.5 Å². The van der Waals surface area contributed by atoms with Crippen LogP contribution in [0.25, 0.3) is 0 Å². The predicted octanol–water partition coefficient (Wildman–Crippen LogP) is 1.12. The summed E-state index contributed by atoms with van der Waals surface area (Å²) >= 11 is 0. The molecule has 1 rings (SSSR count). The van der Waals surface area contributed by atoms with Crippen LogP contribution in [0, 0.1) is 11.3 Å². The Hall–Kier alpha value is -1.10. The van der Waals surface area contributed by atoms with Gasteiger partial charge in [-0.1, -0.05) is 20.8 Å². The number of carbonyl (C=O) groups is 2. The standard InChI is InChI=1S/C13H24N2O3/c1-13(2,3)10(14)11(16)15-9-6-4-8(5-7-9)12(17)18/h8-10H,4-7,14H2,1-3H3,(H,15,16)(H,17,18). The highest BCUT2D eigenvalue weighted by Crippen LogP contribution is 2.25. The first-order valence-corrected chi connectivity index (χ1v) is 6.50. The molecular formula is C13H24N2O3. The average molecular weight is 256 g/mol. The number of amides is 1. The first-order valence-electron chi connectivity index (χ1n) is 6.50. The first-order chi connectivity index (χ1) is 8.21. The lowest BCUT2D eigenvalue weighted by atomic mass is 9.84. The van der Waals surface area contributed by atoms with E-state index in [-0.39, 0.29) is 23.3 Å². The number of hydrogen-bond acceptors (Lipinski definition) is 3. The summed E-state index contributed by atoms with van der Waals surface area (Å²) in [6.07, 6.45) is 2.70. The molecule has 0 aromatic heterocycles. The summed E-state index contributed by atoms with van der Waals surface area (Å²) in [5.74, 6) is -1.12. The Kier molecular flexibility index (Phi) is 4.73. The number of carbonyl (C=O) groups excluding carboxylic acids is 1. The van der Waals surface area contributed by atoms with Gasteiger partial charge in [0.2, 0.25) is 5.91 Å². The minimum Gasteiger partial charge on any atom is -0.481 e. The summed E-state index contributed by atoms with van der Waals surface area (Å²) in [4.78, 5) is 22.7. The molecule has 1 atom stereocenters. The Labute approximate surface area is 108 Å². The normalized spacial score (nSPS) is 26.4. The largest absolute Gasteiger partial charge is 0.481 e. The molecule has 104 valence electrons. The first kappa shape index (κ1) is 15.0. The van der Waals surface area contributed by atoms with Crippen molar-refractivity contribution in [1.29, 1.82) is 0 Å². The number of hydrogen-bond donors (Lipinski definition) is 3. The molecule has 1 aliphatic rings. The molecule has 0 radical (unpaired) electrons. The quantitative estimate of drug-likeness (QED) is 0.705. The second-order valence-corrected chi connectivity index (χ2v) is 6.24. The van der Waals surface area contributed by atoms with E-state index in [4.69, 9.17) is 10.8 Å². The van der Waals surface area contributed by atoms with Crippen LogP contribution in [0.4, 0.5) is 0 Å². The topological polar surface area (TPSA) is 92.4 Å². The van der Waals surface area contributed by atoms with Crippen LogP contribution in [-0.2, 0) is 9.59 Å². The van der Waals surface area contributed by atoms with E-state index in [0.29, 0.717) is 12.8 Å². The lowest BCUT2D eigenvalue weighted by Gasteiger charge is -2.31. The molecule has 0 heterocycles. The number of nitrogens with two attached hydrogens (primary N) is 1.